The van der Waals surface area contributed by atoms with Gasteiger partial charge in [-0.2, -0.15) is 10.2 Å². The lowest BCUT2D eigenvalue weighted by molar-refractivity contribution is -0.0844. The van der Waals surface area contributed by atoms with Gasteiger partial charge in [-0.1, -0.05) is 84.2 Å². The van der Waals surface area contributed by atoms with Crippen molar-refractivity contribution < 1.29 is 9.53 Å². The zero-order valence-electron chi connectivity index (χ0n) is 27.8. The second-order valence-electron chi connectivity index (χ2n) is 15.7. The van der Waals surface area contributed by atoms with Gasteiger partial charge in [0.2, 0.25) is 0 Å². The van der Waals surface area contributed by atoms with E-state index in [9.17, 15) is 4.79 Å². The molecule has 9 atom stereocenters. The van der Waals surface area contributed by atoms with Gasteiger partial charge in [-0.05, 0) is 134 Å². The summed E-state index contributed by atoms with van der Waals surface area (Å²) in [5.41, 5.74) is 2.92. The van der Waals surface area contributed by atoms with Gasteiger partial charge in [-0.25, -0.2) is 4.79 Å². The Bertz CT molecular complexity index is 1330. The molecule has 4 nitrogen and oxygen atoms in total. The molecular formula is C40H54N2O2. The van der Waals surface area contributed by atoms with Crippen molar-refractivity contribution >= 4 is 17.3 Å². The highest BCUT2D eigenvalue weighted by atomic mass is 16.5. The Balaban J connectivity index is 1.06. The molecule has 4 aliphatic rings. The lowest BCUT2D eigenvalue weighted by Crippen LogP contribution is -2.52. The first-order valence-electron chi connectivity index (χ1n) is 17.6. The first-order valence-corrected chi connectivity index (χ1v) is 17.6. The van der Waals surface area contributed by atoms with E-state index in [1.54, 1.807) is 12.1 Å². The third kappa shape index (κ3) is 6.20. The number of rotatable bonds is 9. The van der Waals surface area contributed by atoms with Gasteiger partial charge in [0, 0.05) is 0 Å². The van der Waals surface area contributed by atoms with Crippen LogP contribution in [0.5, 0.6) is 0 Å². The quantitative estimate of drug-likeness (QED) is 0.165. The minimum absolute atomic E-state index is 0.0179. The topological polar surface area (TPSA) is 51.0 Å². The molecule has 44 heavy (non-hydrogen) atoms. The number of carbonyl (C=O) groups excluding carboxylic acids is 1. The van der Waals surface area contributed by atoms with Gasteiger partial charge < -0.3 is 4.74 Å². The van der Waals surface area contributed by atoms with Crippen LogP contribution in [0.3, 0.4) is 0 Å². The summed E-state index contributed by atoms with van der Waals surface area (Å²) in [6.07, 6.45) is 18.0. The molecule has 4 heteroatoms. The van der Waals surface area contributed by atoms with Gasteiger partial charge in [-0.15, -0.1) is 0 Å². The number of fused-ring (bicyclic) bond motifs is 5. The van der Waals surface area contributed by atoms with Crippen molar-refractivity contribution in [1.29, 1.82) is 0 Å². The fraction of sp³-hybridized carbons (Fsp3) is 0.625. The Labute approximate surface area is 266 Å². The van der Waals surface area contributed by atoms with Crippen molar-refractivity contribution in [3.05, 3.63) is 72.3 Å². The van der Waals surface area contributed by atoms with E-state index >= 15 is 0 Å². The molecule has 3 fully saturated rings. The highest BCUT2D eigenvalue weighted by molar-refractivity contribution is 5.89. The summed E-state index contributed by atoms with van der Waals surface area (Å²) in [6.45, 7) is 12.5. The van der Waals surface area contributed by atoms with E-state index in [-0.39, 0.29) is 12.1 Å². The number of azo groups is 1. The fourth-order valence-corrected chi connectivity index (χ4v) is 10.2. The monoisotopic (exact) mass is 594 g/mol. The van der Waals surface area contributed by atoms with Gasteiger partial charge in [0.1, 0.15) is 6.10 Å². The predicted octanol–water partition coefficient (Wildman–Crippen LogP) is 11.5. The lowest BCUT2D eigenvalue weighted by Gasteiger charge is -2.59. The van der Waals surface area contributed by atoms with Crippen molar-refractivity contribution in [3.63, 3.8) is 0 Å². The molecule has 0 spiro atoms. The third-order valence-corrected chi connectivity index (χ3v) is 12.7. The Morgan fingerprint density at radius 3 is 2.23 bits per heavy atom. The maximum Gasteiger partial charge on any atom is 0.338 e. The van der Waals surface area contributed by atoms with Crippen molar-refractivity contribution in [2.45, 2.75) is 105 Å². The van der Waals surface area contributed by atoms with E-state index in [1.165, 1.54) is 44.9 Å². The van der Waals surface area contributed by atoms with Crippen LogP contribution in [0, 0.1) is 52.3 Å². The molecule has 3 saturated carbocycles. The number of esters is 1. The molecule has 2 aromatic rings. The summed E-state index contributed by atoms with van der Waals surface area (Å²) in [6, 6.07) is 16.9. The van der Waals surface area contributed by atoms with Crippen LogP contribution in [0.15, 0.2) is 77.0 Å². The average molecular weight is 595 g/mol. The molecule has 3 unspecified atom stereocenters. The van der Waals surface area contributed by atoms with E-state index in [0.29, 0.717) is 22.3 Å². The Kier molecular flexibility index (Phi) is 9.18. The highest BCUT2D eigenvalue weighted by Gasteiger charge is 2.59. The molecule has 6 rings (SSSR count). The van der Waals surface area contributed by atoms with E-state index in [0.717, 1.165) is 66.1 Å². The van der Waals surface area contributed by atoms with Crippen molar-refractivity contribution in [2.75, 3.05) is 0 Å². The second-order valence-corrected chi connectivity index (χ2v) is 15.7. The zero-order valence-corrected chi connectivity index (χ0v) is 27.8. The number of hydrogen-bond donors (Lipinski definition) is 0. The standard InChI is InChI=1S/C40H54N2O2/c1-27(2)10-9-11-28(3)35-20-21-36-34-19-16-30-26-33(22-24-39(30,4)37(34)23-25-40(35,36)5)44-38(43)29-14-17-32(18-15-29)42-41-31-12-7-6-8-13-31/h6-8,12-19,27-28,30,33-37H,9-11,20-26H2,1-5H3/t28-,30?,33?,34+,35?,36+,37+,39+,40-/m1/s1. The summed E-state index contributed by atoms with van der Waals surface area (Å²) in [5.74, 6) is 5.13. The summed E-state index contributed by atoms with van der Waals surface area (Å²) < 4.78 is 6.12. The molecule has 4 aliphatic carbocycles. The van der Waals surface area contributed by atoms with Gasteiger partial charge in [0.15, 0.2) is 0 Å². The van der Waals surface area contributed by atoms with Crippen LogP contribution in [0.1, 0.15) is 109 Å². The van der Waals surface area contributed by atoms with Crippen molar-refractivity contribution in [3.8, 4) is 0 Å². The molecule has 0 amide bonds. The first kappa shape index (κ1) is 31.2. The number of allylic oxidation sites excluding steroid dienone is 2. The molecule has 0 bridgehead atoms. The molecule has 0 aliphatic heterocycles. The predicted molar refractivity (Wildman–Crippen MR) is 179 cm³/mol. The molecule has 0 aromatic heterocycles. The largest absolute Gasteiger partial charge is 0.459 e. The lowest BCUT2D eigenvalue weighted by atomic mass is 9.46. The Morgan fingerprint density at radius 2 is 1.50 bits per heavy atom. The van der Waals surface area contributed by atoms with Crippen LogP contribution in [0.25, 0.3) is 0 Å². The number of carbonyl (C=O) groups is 1. The van der Waals surface area contributed by atoms with Crippen molar-refractivity contribution in [1.82, 2.24) is 0 Å². The van der Waals surface area contributed by atoms with Crippen LogP contribution in [0.4, 0.5) is 11.4 Å². The maximum absolute atomic E-state index is 13.1. The summed E-state index contributed by atoms with van der Waals surface area (Å²) in [5, 5.41) is 8.57. The van der Waals surface area contributed by atoms with E-state index in [1.807, 2.05) is 42.5 Å². The number of ether oxygens (including phenoxy) is 1. The molecule has 2 aromatic carbocycles. The summed E-state index contributed by atoms with van der Waals surface area (Å²) in [7, 11) is 0. The van der Waals surface area contributed by atoms with Crippen LogP contribution < -0.4 is 0 Å². The minimum atomic E-state index is -0.226. The van der Waals surface area contributed by atoms with Crippen LogP contribution in [-0.2, 0) is 4.74 Å². The summed E-state index contributed by atoms with van der Waals surface area (Å²) in [4.78, 5) is 13.1. The normalized spacial score (nSPS) is 35.2. The van der Waals surface area contributed by atoms with E-state index in [2.05, 4.69) is 57.0 Å². The molecular weight excluding hydrogens is 540 g/mol. The van der Waals surface area contributed by atoms with Crippen LogP contribution in [-0.4, -0.2) is 12.1 Å². The van der Waals surface area contributed by atoms with E-state index < -0.39 is 0 Å². The smallest absolute Gasteiger partial charge is 0.338 e. The molecule has 0 saturated heterocycles. The third-order valence-electron chi connectivity index (χ3n) is 12.7. The van der Waals surface area contributed by atoms with Gasteiger partial charge in [-0.3, -0.25) is 0 Å². The minimum Gasteiger partial charge on any atom is -0.459 e. The number of benzene rings is 2. The van der Waals surface area contributed by atoms with Gasteiger partial charge >= 0.3 is 5.97 Å². The van der Waals surface area contributed by atoms with Gasteiger partial charge in [0.25, 0.3) is 0 Å². The SMILES string of the molecule is CC(C)CCC[C@@H](C)C1CC[C@H]2[C@@H]3C=CC4CC(OC(=O)c5ccc(N=Nc6ccccc6)cc5)CC[C@]4(C)[C@H]3CC[C@]12C. The second kappa shape index (κ2) is 12.9. The van der Waals surface area contributed by atoms with E-state index in [4.69, 9.17) is 4.74 Å². The molecule has 0 radical (unpaired) electrons. The fourth-order valence-electron chi connectivity index (χ4n) is 10.2. The van der Waals surface area contributed by atoms with Crippen LogP contribution in [0.2, 0.25) is 0 Å². The number of nitrogens with zero attached hydrogens (tertiary/aromatic N) is 2. The van der Waals surface area contributed by atoms with Gasteiger partial charge in [0.05, 0.1) is 16.9 Å². The summed E-state index contributed by atoms with van der Waals surface area (Å²) >= 11 is 0. The zero-order chi connectivity index (χ0) is 30.9. The Hall–Kier alpha value is -2.75. The Morgan fingerprint density at radius 1 is 0.818 bits per heavy atom. The average Bonchev–Trinajstić information content (AvgIpc) is 3.38. The number of hydrogen-bond acceptors (Lipinski definition) is 4. The molecule has 0 N–H and O–H groups in total. The first-order chi connectivity index (χ1) is 21.2. The van der Waals surface area contributed by atoms with Crippen LogP contribution >= 0.6 is 0 Å². The highest BCUT2D eigenvalue weighted by Crippen LogP contribution is 2.67. The van der Waals surface area contributed by atoms with Crippen molar-refractivity contribution in [2.24, 2.45) is 62.5 Å². The molecule has 0 heterocycles. The molecule has 236 valence electrons. The maximum atomic E-state index is 13.1.